The number of halogens is 2. The Morgan fingerprint density at radius 1 is 1.35 bits per heavy atom. The van der Waals surface area contributed by atoms with Crippen molar-refractivity contribution in [3.8, 4) is 0 Å². The average Bonchev–Trinajstić information content (AvgIpc) is 2.36. The van der Waals surface area contributed by atoms with E-state index >= 15 is 0 Å². The number of rotatable bonds is 4. The van der Waals surface area contributed by atoms with Gasteiger partial charge in [0.05, 0.1) is 10.9 Å². The molecule has 4 nitrogen and oxygen atoms in total. The van der Waals surface area contributed by atoms with Crippen LogP contribution in [0.2, 0.25) is 0 Å². The first-order valence-corrected chi connectivity index (χ1v) is 8.59. The van der Waals surface area contributed by atoms with Crippen LogP contribution in [0.1, 0.15) is 40.2 Å². The summed E-state index contributed by atoms with van der Waals surface area (Å²) in [5.41, 5.74) is -0.321. The lowest BCUT2D eigenvalue weighted by atomic mass is 10.1. The summed E-state index contributed by atoms with van der Waals surface area (Å²) in [4.78, 5) is 12.2. The minimum Gasteiger partial charge on any atom is -0.458 e. The van der Waals surface area contributed by atoms with Gasteiger partial charge in [-0.3, -0.25) is 0 Å². The third-order valence-electron chi connectivity index (χ3n) is 2.42. The first kappa shape index (κ1) is 22.3. The van der Waals surface area contributed by atoms with E-state index in [0.29, 0.717) is 4.47 Å². The van der Waals surface area contributed by atoms with Gasteiger partial charge in [0.1, 0.15) is 16.8 Å². The lowest BCUT2D eigenvalue weighted by Crippen LogP contribution is -2.27. The van der Waals surface area contributed by atoms with E-state index in [1.807, 2.05) is 0 Å². The molecule has 0 saturated heterocycles. The number of carbonyl (C=O) groups excluding carboxylic acids is 1. The molecular weight excluding hydrogens is 405 g/mol. The maximum absolute atomic E-state index is 14.1. The summed E-state index contributed by atoms with van der Waals surface area (Å²) in [7, 11) is -1.71. The van der Waals surface area contributed by atoms with E-state index in [-0.39, 0.29) is 24.8 Å². The zero-order valence-electron chi connectivity index (χ0n) is 13.6. The molecule has 1 unspecified atom stereocenters. The van der Waals surface area contributed by atoms with E-state index in [1.54, 1.807) is 34.6 Å². The molecule has 0 bridgehead atoms. The molecular formula is C15H21BrFNO3S2. The summed E-state index contributed by atoms with van der Waals surface area (Å²) in [6, 6.07) is 4.12. The molecule has 0 aliphatic heterocycles. The fourth-order valence-electron chi connectivity index (χ4n) is 1.37. The first-order chi connectivity index (χ1) is 10.0. The number of ether oxygens (including phenoxy) is 1. The summed E-state index contributed by atoms with van der Waals surface area (Å²) in [6.45, 7) is 8.50. The van der Waals surface area contributed by atoms with Crippen LogP contribution in [0, 0.1) is 5.82 Å². The second-order valence-electron chi connectivity index (χ2n) is 5.88. The second kappa shape index (κ2) is 8.94. The number of hydrogen-bond donors (Lipinski definition) is 0. The van der Waals surface area contributed by atoms with Crippen molar-refractivity contribution in [1.29, 1.82) is 0 Å². The molecule has 0 fully saturated rings. The predicted molar refractivity (Wildman–Crippen MR) is 100 cm³/mol. The molecule has 0 aliphatic rings. The maximum atomic E-state index is 14.1. The van der Waals surface area contributed by atoms with Crippen molar-refractivity contribution in [1.82, 2.24) is 0 Å². The van der Waals surface area contributed by atoms with Crippen LogP contribution >= 0.6 is 29.4 Å². The van der Waals surface area contributed by atoms with Gasteiger partial charge in [-0.25, -0.2) is 13.4 Å². The zero-order valence-corrected chi connectivity index (χ0v) is 17.0. The molecule has 1 atom stereocenters. The molecule has 1 aromatic rings. The fourth-order valence-corrected chi connectivity index (χ4v) is 2.34. The van der Waals surface area contributed by atoms with Crippen LogP contribution in [-0.2, 0) is 20.5 Å². The molecule has 23 heavy (non-hydrogen) atoms. The summed E-state index contributed by atoms with van der Waals surface area (Å²) >= 11 is 3.22. The molecule has 8 heteroatoms. The van der Waals surface area contributed by atoms with Crippen LogP contribution in [0.25, 0.3) is 0 Å². The smallest absolute Gasteiger partial charge is 0.358 e. The van der Waals surface area contributed by atoms with E-state index in [9.17, 15) is 13.4 Å². The topological polar surface area (TPSA) is 55.7 Å². The highest BCUT2D eigenvalue weighted by Crippen LogP contribution is 2.20. The highest BCUT2D eigenvalue weighted by molar-refractivity contribution is 9.10. The lowest BCUT2D eigenvalue weighted by Gasteiger charge is -2.16. The molecule has 0 saturated carbocycles. The number of benzene rings is 1. The van der Waals surface area contributed by atoms with Crippen LogP contribution in [0.5, 0.6) is 0 Å². The molecule has 0 amide bonds. The van der Waals surface area contributed by atoms with Crippen LogP contribution in [0.4, 0.5) is 4.39 Å². The Kier molecular flexibility index (Phi) is 8.65. The Bertz CT molecular complexity index is 628. The second-order valence-corrected chi connectivity index (χ2v) is 8.70. The standard InChI is InChI=1S/C15H19BrFNO3S.H2S/c1-9(2)21-14(19)13(18-22(20)15(3,4)5)11-8-10(16)6-7-12(11)17;/h6-9H,1-5H3;1H2. The van der Waals surface area contributed by atoms with Gasteiger partial charge in [0, 0.05) is 10.0 Å². The van der Waals surface area contributed by atoms with Gasteiger partial charge in [0.2, 0.25) is 0 Å². The molecule has 0 N–H and O–H groups in total. The third kappa shape index (κ3) is 6.73. The van der Waals surface area contributed by atoms with E-state index in [4.69, 9.17) is 4.74 Å². The summed E-state index contributed by atoms with van der Waals surface area (Å²) < 4.78 is 35.2. The average molecular weight is 426 g/mol. The summed E-state index contributed by atoms with van der Waals surface area (Å²) in [5.74, 6) is -1.43. The monoisotopic (exact) mass is 425 g/mol. The first-order valence-electron chi connectivity index (χ1n) is 6.69. The van der Waals surface area contributed by atoms with E-state index in [1.165, 1.54) is 18.2 Å². The van der Waals surface area contributed by atoms with Crippen molar-refractivity contribution < 1.29 is 18.1 Å². The Balaban J connectivity index is 0.00000484. The third-order valence-corrected chi connectivity index (χ3v) is 4.31. The lowest BCUT2D eigenvalue weighted by molar-refractivity contribution is -0.138. The predicted octanol–water partition coefficient (Wildman–Crippen LogP) is 3.90. The highest BCUT2D eigenvalue weighted by atomic mass is 79.9. The summed E-state index contributed by atoms with van der Waals surface area (Å²) in [6.07, 6.45) is -0.393. The minimum absolute atomic E-state index is 0. The maximum Gasteiger partial charge on any atom is 0.358 e. The number of carbonyl (C=O) groups is 1. The van der Waals surface area contributed by atoms with E-state index < -0.39 is 33.6 Å². The van der Waals surface area contributed by atoms with E-state index in [0.717, 1.165) is 0 Å². The molecule has 0 spiro atoms. The van der Waals surface area contributed by atoms with Gasteiger partial charge in [-0.15, -0.1) is 0 Å². The largest absolute Gasteiger partial charge is 0.458 e. The van der Waals surface area contributed by atoms with Crippen molar-refractivity contribution in [2.24, 2.45) is 4.40 Å². The minimum atomic E-state index is -1.71. The van der Waals surface area contributed by atoms with Gasteiger partial charge in [0.25, 0.3) is 0 Å². The van der Waals surface area contributed by atoms with Gasteiger partial charge >= 0.3 is 5.97 Å². The highest BCUT2D eigenvalue weighted by Gasteiger charge is 2.26. The molecule has 1 rings (SSSR count). The van der Waals surface area contributed by atoms with Crippen LogP contribution in [-0.4, -0.2) is 26.7 Å². The van der Waals surface area contributed by atoms with Gasteiger partial charge in [-0.2, -0.15) is 17.9 Å². The quantitative estimate of drug-likeness (QED) is 0.542. The Labute approximate surface area is 154 Å². The normalized spacial score (nSPS) is 13.5. The molecule has 0 radical (unpaired) electrons. The number of nitrogens with zero attached hydrogens (tertiary/aromatic N) is 1. The van der Waals surface area contributed by atoms with Crippen molar-refractivity contribution >= 4 is 52.1 Å². The van der Waals surface area contributed by atoms with Gasteiger partial charge in [-0.1, -0.05) is 15.9 Å². The van der Waals surface area contributed by atoms with Gasteiger partial charge < -0.3 is 4.74 Å². The SMILES string of the molecule is CC(C)OC(=O)C(=NS(=O)C(C)(C)C)c1cc(Br)ccc1F.S. The van der Waals surface area contributed by atoms with Crippen molar-refractivity contribution in [3.05, 3.63) is 34.1 Å². The molecule has 0 aliphatic carbocycles. The number of hydrogen-bond acceptors (Lipinski definition) is 3. The van der Waals surface area contributed by atoms with Crippen LogP contribution < -0.4 is 0 Å². The fraction of sp³-hybridized carbons (Fsp3) is 0.467. The molecule has 0 aromatic heterocycles. The molecule has 1 aromatic carbocycles. The van der Waals surface area contributed by atoms with Crippen LogP contribution in [0.3, 0.4) is 0 Å². The zero-order chi connectivity index (χ0) is 17.1. The molecule has 0 heterocycles. The van der Waals surface area contributed by atoms with Crippen molar-refractivity contribution in [2.45, 2.75) is 45.5 Å². The Hall–Kier alpha value is -0.730. The Morgan fingerprint density at radius 3 is 2.39 bits per heavy atom. The van der Waals surface area contributed by atoms with Crippen LogP contribution in [0.15, 0.2) is 27.1 Å². The van der Waals surface area contributed by atoms with Gasteiger partial charge in [0.15, 0.2) is 5.71 Å². The van der Waals surface area contributed by atoms with E-state index in [2.05, 4.69) is 20.3 Å². The number of esters is 1. The summed E-state index contributed by atoms with van der Waals surface area (Å²) in [5, 5.41) is 0. The Morgan fingerprint density at radius 2 is 1.91 bits per heavy atom. The van der Waals surface area contributed by atoms with Gasteiger partial charge in [-0.05, 0) is 52.8 Å². The van der Waals surface area contributed by atoms with Crippen molar-refractivity contribution in [3.63, 3.8) is 0 Å². The van der Waals surface area contributed by atoms with Crippen molar-refractivity contribution in [2.75, 3.05) is 0 Å². The molecule has 130 valence electrons.